The monoisotopic (exact) mass is 279 g/mol. The molecular formula is C15H21NO4. The molecule has 0 spiro atoms. The average Bonchev–Trinajstić information content (AvgIpc) is 3.26. The van der Waals surface area contributed by atoms with Crippen LogP contribution in [0.4, 0.5) is 0 Å². The summed E-state index contributed by atoms with van der Waals surface area (Å²) in [6.45, 7) is 2.39. The van der Waals surface area contributed by atoms with Crippen LogP contribution < -0.4 is 14.8 Å². The lowest BCUT2D eigenvalue weighted by molar-refractivity contribution is -0.123. The zero-order chi connectivity index (χ0) is 14.5. The molecule has 20 heavy (non-hydrogen) atoms. The highest BCUT2D eigenvalue weighted by Gasteiger charge is 2.21. The van der Waals surface area contributed by atoms with Crippen molar-refractivity contribution in [3.8, 4) is 11.5 Å². The number of amides is 1. The highest BCUT2D eigenvalue weighted by Crippen LogP contribution is 2.30. The summed E-state index contributed by atoms with van der Waals surface area (Å²) < 4.78 is 10.7. The van der Waals surface area contributed by atoms with Gasteiger partial charge < -0.3 is 19.9 Å². The van der Waals surface area contributed by atoms with Crippen molar-refractivity contribution in [2.75, 3.05) is 20.3 Å². The molecule has 110 valence electrons. The van der Waals surface area contributed by atoms with Crippen LogP contribution in [0.25, 0.3) is 0 Å². The van der Waals surface area contributed by atoms with Crippen LogP contribution in [0.1, 0.15) is 31.4 Å². The van der Waals surface area contributed by atoms with Crippen molar-refractivity contribution in [2.24, 2.45) is 5.92 Å². The number of aliphatic hydroxyl groups is 1. The zero-order valence-electron chi connectivity index (χ0n) is 11.9. The van der Waals surface area contributed by atoms with E-state index in [1.165, 1.54) is 20.0 Å². The third-order valence-electron chi connectivity index (χ3n) is 3.31. The van der Waals surface area contributed by atoms with Gasteiger partial charge in [-0.2, -0.15) is 0 Å². The summed E-state index contributed by atoms with van der Waals surface area (Å²) in [6, 6.07) is 5.17. The van der Waals surface area contributed by atoms with E-state index in [9.17, 15) is 9.90 Å². The summed E-state index contributed by atoms with van der Waals surface area (Å²) in [4.78, 5) is 11.6. The van der Waals surface area contributed by atoms with Crippen LogP contribution in [0.3, 0.4) is 0 Å². The second-order valence-electron chi connectivity index (χ2n) is 5.12. The number of rotatable bonds is 7. The molecule has 1 aliphatic carbocycles. The second-order valence-corrected chi connectivity index (χ2v) is 5.12. The predicted octanol–water partition coefficient (Wildman–Crippen LogP) is 1.65. The lowest BCUT2D eigenvalue weighted by Gasteiger charge is -2.13. The Bertz CT molecular complexity index is 469. The van der Waals surface area contributed by atoms with Gasteiger partial charge in [0.2, 0.25) is 0 Å². The number of carbonyl (C=O) groups excluding carboxylic acids is 1. The molecule has 0 saturated heterocycles. The minimum atomic E-state index is -0.570. The summed E-state index contributed by atoms with van der Waals surface area (Å²) >= 11 is 0. The van der Waals surface area contributed by atoms with Gasteiger partial charge in [-0.3, -0.25) is 4.79 Å². The molecule has 1 saturated carbocycles. The average molecular weight is 279 g/mol. The van der Waals surface area contributed by atoms with Gasteiger partial charge in [-0.25, -0.2) is 0 Å². The van der Waals surface area contributed by atoms with E-state index in [0.717, 1.165) is 12.1 Å². The molecule has 1 aromatic carbocycles. The summed E-state index contributed by atoms with van der Waals surface area (Å²) in [5, 5.41) is 12.4. The number of aliphatic hydroxyl groups excluding tert-OH is 1. The second kappa shape index (κ2) is 6.61. The van der Waals surface area contributed by atoms with Crippen molar-refractivity contribution in [2.45, 2.75) is 25.9 Å². The molecule has 0 aromatic heterocycles. The number of benzene rings is 1. The van der Waals surface area contributed by atoms with Gasteiger partial charge in [0.1, 0.15) is 0 Å². The molecular weight excluding hydrogens is 258 g/mol. The van der Waals surface area contributed by atoms with Crippen molar-refractivity contribution >= 4 is 5.91 Å². The van der Waals surface area contributed by atoms with Gasteiger partial charge in [0, 0.05) is 6.54 Å². The van der Waals surface area contributed by atoms with E-state index in [2.05, 4.69) is 5.32 Å². The third-order valence-corrected chi connectivity index (χ3v) is 3.31. The Labute approximate surface area is 118 Å². The predicted molar refractivity (Wildman–Crippen MR) is 74.9 cm³/mol. The van der Waals surface area contributed by atoms with Crippen LogP contribution in [-0.2, 0) is 4.79 Å². The summed E-state index contributed by atoms with van der Waals surface area (Å²) in [7, 11) is 1.53. The van der Waals surface area contributed by atoms with Crippen molar-refractivity contribution in [3.63, 3.8) is 0 Å². The Balaban J connectivity index is 1.88. The van der Waals surface area contributed by atoms with Gasteiger partial charge in [-0.15, -0.1) is 0 Å². The molecule has 1 aromatic rings. The van der Waals surface area contributed by atoms with Crippen LogP contribution in [0, 0.1) is 5.92 Å². The summed E-state index contributed by atoms with van der Waals surface area (Å²) in [6.07, 6.45) is 1.84. The van der Waals surface area contributed by atoms with E-state index < -0.39 is 6.10 Å². The SMILES string of the molecule is COc1cc([C@H](C)O)ccc1OCC(=O)NCC1CC1. The largest absolute Gasteiger partial charge is 0.493 e. The van der Waals surface area contributed by atoms with E-state index in [1.807, 2.05) is 0 Å². The Morgan fingerprint density at radius 1 is 1.45 bits per heavy atom. The summed E-state index contributed by atoms with van der Waals surface area (Å²) in [5.41, 5.74) is 0.743. The zero-order valence-corrected chi connectivity index (χ0v) is 11.9. The van der Waals surface area contributed by atoms with Crippen molar-refractivity contribution in [1.29, 1.82) is 0 Å². The number of hydrogen-bond acceptors (Lipinski definition) is 4. The molecule has 2 rings (SSSR count). The van der Waals surface area contributed by atoms with Gasteiger partial charge in [0.25, 0.3) is 5.91 Å². The van der Waals surface area contributed by atoms with Crippen molar-refractivity contribution < 1.29 is 19.4 Å². The topological polar surface area (TPSA) is 67.8 Å². The fourth-order valence-electron chi connectivity index (χ4n) is 1.84. The quantitative estimate of drug-likeness (QED) is 0.796. The molecule has 0 heterocycles. The molecule has 0 radical (unpaired) electrons. The smallest absolute Gasteiger partial charge is 0.257 e. The molecule has 5 nitrogen and oxygen atoms in total. The van der Waals surface area contributed by atoms with Gasteiger partial charge in [0.15, 0.2) is 18.1 Å². The maximum Gasteiger partial charge on any atom is 0.257 e. The Morgan fingerprint density at radius 2 is 2.20 bits per heavy atom. The normalized spacial score (nSPS) is 15.6. The fraction of sp³-hybridized carbons (Fsp3) is 0.533. The molecule has 1 atom stereocenters. The van der Waals surface area contributed by atoms with Gasteiger partial charge >= 0.3 is 0 Å². The number of methoxy groups -OCH3 is 1. The first-order chi connectivity index (χ1) is 9.60. The van der Waals surface area contributed by atoms with E-state index >= 15 is 0 Å². The first kappa shape index (κ1) is 14.7. The minimum absolute atomic E-state index is 0.0306. The number of ether oxygens (including phenoxy) is 2. The molecule has 2 N–H and O–H groups in total. The number of hydrogen-bond donors (Lipinski definition) is 2. The van der Waals surface area contributed by atoms with E-state index in [1.54, 1.807) is 25.1 Å². The Morgan fingerprint density at radius 3 is 2.80 bits per heavy atom. The van der Waals surface area contributed by atoms with Crippen LogP contribution in [0.2, 0.25) is 0 Å². The Hall–Kier alpha value is -1.75. The van der Waals surface area contributed by atoms with Crippen LogP contribution in [0.15, 0.2) is 18.2 Å². The molecule has 0 aliphatic heterocycles. The van der Waals surface area contributed by atoms with Crippen LogP contribution in [-0.4, -0.2) is 31.3 Å². The van der Waals surface area contributed by atoms with Crippen LogP contribution >= 0.6 is 0 Å². The molecule has 1 aliphatic rings. The van der Waals surface area contributed by atoms with Gasteiger partial charge in [-0.05, 0) is 43.4 Å². The van der Waals surface area contributed by atoms with Crippen molar-refractivity contribution in [3.05, 3.63) is 23.8 Å². The summed E-state index contributed by atoms with van der Waals surface area (Å²) in [5.74, 6) is 1.54. The van der Waals surface area contributed by atoms with Gasteiger partial charge in [0.05, 0.1) is 13.2 Å². The highest BCUT2D eigenvalue weighted by atomic mass is 16.5. The maximum atomic E-state index is 11.6. The third kappa shape index (κ3) is 4.13. The van der Waals surface area contributed by atoms with Crippen molar-refractivity contribution in [1.82, 2.24) is 5.32 Å². The van der Waals surface area contributed by atoms with Crippen LogP contribution in [0.5, 0.6) is 11.5 Å². The maximum absolute atomic E-state index is 11.6. The molecule has 5 heteroatoms. The molecule has 0 bridgehead atoms. The lowest BCUT2D eigenvalue weighted by Crippen LogP contribution is -2.30. The first-order valence-electron chi connectivity index (χ1n) is 6.85. The molecule has 1 amide bonds. The standard InChI is InChI=1S/C15H21NO4/c1-10(17)12-5-6-13(14(7-12)19-2)20-9-15(18)16-8-11-3-4-11/h5-7,10-11,17H,3-4,8-9H2,1-2H3,(H,16,18)/t10-/m0/s1. The molecule has 1 fully saturated rings. The lowest BCUT2D eigenvalue weighted by atomic mass is 10.1. The van der Waals surface area contributed by atoms with E-state index in [4.69, 9.17) is 9.47 Å². The number of nitrogens with one attached hydrogen (secondary N) is 1. The minimum Gasteiger partial charge on any atom is -0.493 e. The first-order valence-corrected chi connectivity index (χ1v) is 6.85. The fourth-order valence-corrected chi connectivity index (χ4v) is 1.84. The van der Waals surface area contributed by atoms with Gasteiger partial charge in [-0.1, -0.05) is 6.07 Å². The Kier molecular flexibility index (Phi) is 4.84. The van der Waals surface area contributed by atoms with E-state index in [0.29, 0.717) is 17.4 Å². The number of carbonyl (C=O) groups is 1. The highest BCUT2D eigenvalue weighted by molar-refractivity contribution is 5.77. The molecule has 0 unspecified atom stereocenters. The van der Waals surface area contributed by atoms with E-state index in [-0.39, 0.29) is 12.5 Å².